The Bertz CT molecular complexity index is 1530. The first-order valence-corrected chi connectivity index (χ1v) is 14.0. The molecule has 9 nitrogen and oxygen atoms in total. The van der Waals surface area contributed by atoms with Gasteiger partial charge in [0.2, 0.25) is 0 Å². The van der Waals surface area contributed by atoms with Crippen LogP contribution in [0.1, 0.15) is 40.7 Å². The summed E-state index contributed by atoms with van der Waals surface area (Å²) in [5, 5.41) is 2.22. The predicted octanol–water partition coefficient (Wildman–Crippen LogP) is 5.33. The zero-order valence-electron chi connectivity index (χ0n) is 22.4. The molecule has 0 spiro atoms. The van der Waals surface area contributed by atoms with Gasteiger partial charge in [0.25, 0.3) is 17.7 Å². The first-order chi connectivity index (χ1) is 19.8. The lowest BCUT2D eigenvalue weighted by Gasteiger charge is -2.26. The summed E-state index contributed by atoms with van der Waals surface area (Å²) in [5.41, 5.74) is 2.18. The molecule has 0 aromatic heterocycles. The summed E-state index contributed by atoms with van der Waals surface area (Å²) in [6, 6.07) is 18.2. The molecule has 0 bridgehead atoms. The van der Waals surface area contributed by atoms with E-state index in [0.717, 1.165) is 36.4 Å². The Kier molecular flexibility index (Phi) is 8.49. The lowest BCUT2D eigenvalue weighted by molar-refractivity contribution is -0.122. The molecule has 10 heteroatoms. The highest BCUT2D eigenvalue weighted by atomic mass is 79.9. The minimum absolute atomic E-state index is 0.0535. The Balaban J connectivity index is 1.29. The van der Waals surface area contributed by atoms with E-state index in [4.69, 9.17) is 9.47 Å². The van der Waals surface area contributed by atoms with Crippen molar-refractivity contribution >= 4 is 51.4 Å². The number of methoxy groups -OCH3 is 1. The van der Waals surface area contributed by atoms with E-state index >= 15 is 0 Å². The maximum atomic E-state index is 13.2. The van der Waals surface area contributed by atoms with Crippen molar-refractivity contribution in [1.82, 2.24) is 10.2 Å². The fourth-order valence-electron chi connectivity index (χ4n) is 4.75. The molecule has 1 N–H and O–H groups in total. The van der Waals surface area contributed by atoms with Crippen LogP contribution in [0.5, 0.6) is 11.5 Å². The molecule has 0 radical (unpaired) electrons. The standard InChI is InChI=1S/C31H28BrN3O6/c1-40-27-17-21(16-25-28(36)33-31(39)35(30(25)38)24-7-5-6-23(32)18-24)10-13-26(27)41-19-20-8-11-22(12-9-20)29(37)34-14-3-2-4-15-34/h5-13,16-18H,2-4,14-15,19H2,1H3,(H,33,36,39)/b25-16+. The van der Waals surface area contributed by atoms with E-state index < -0.39 is 17.8 Å². The van der Waals surface area contributed by atoms with Crippen LogP contribution in [-0.4, -0.2) is 48.9 Å². The highest BCUT2D eigenvalue weighted by Gasteiger charge is 2.37. The number of hydrogen-bond acceptors (Lipinski definition) is 6. The largest absolute Gasteiger partial charge is 0.493 e. The van der Waals surface area contributed by atoms with E-state index in [9.17, 15) is 19.2 Å². The van der Waals surface area contributed by atoms with Gasteiger partial charge in [0.15, 0.2) is 11.5 Å². The first-order valence-electron chi connectivity index (χ1n) is 13.2. The Morgan fingerprint density at radius 1 is 0.951 bits per heavy atom. The third-order valence-electron chi connectivity index (χ3n) is 6.91. The minimum Gasteiger partial charge on any atom is -0.493 e. The van der Waals surface area contributed by atoms with Gasteiger partial charge in [-0.25, -0.2) is 9.69 Å². The Morgan fingerprint density at radius 2 is 1.71 bits per heavy atom. The third kappa shape index (κ3) is 6.33. The van der Waals surface area contributed by atoms with Gasteiger partial charge in [-0.2, -0.15) is 0 Å². The average molecular weight is 618 g/mol. The molecule has 5 amide bonds. The summed E-state index contributed by atoms with van der Waals surface area (Å²) in [5.74, 6) is -0.600. The molecule has 2 fully saturated rings. The number of carbonyl (C=O) groups is 4. The quantitative estimate of drug-likeness (QED) is 0.284. The molecule has 2 heterocycles. The van der Waals surface area contributed by atoms with Gasteiger partial charge in [-0.15, -0.1) is 0 Å². The van der Waals surface area contributed by atoms with Crippen LogP contribution in [0.4, 0.5) is 10.5 Å². The van der Waals surface area contributed by atoms with Crippen molar-refractivity contribution in [3.05, 3.63) is 93.5 Å². The average Bonchev–Trinajstić information content (AvgIpc) is 2.98. The van der Waals surface area contributed by atoms with E-state index in [1.807, 2.05) is 29.2 Å². The van der Waals surface area contributed by atoms with E-state index in [-0.39, 0.29) is 18.1 Å². The number of halogens is 1. The predicted molar refractivity (Wildman–Crippen MR) is 157 cm³/mol. The second-order valence-electron chi connectivity index (χ2n) is 9.69. The normalized spacial score (nSPS) is 16.5. The maximum Gasteiger partial charge on any atom is 0.335 e. The van der Waals surface area contributed by atoms with Gasteiger partial charge >= 0.3 is 6.03 Å². The molecule has 210 valence electrons. The first kappa shape index (κ1) is 28.1. The van der Waals surface area contributed by atoms with Gasteiger partial charge in [-0.05, 0) is 78.9 Å². The number of urea groups is 1. The highest BCUT2D eigenvalue weighted by Crippen LogP contribution is 2.31. The van der Waals surface area contributed by atoms with Crippen LogP contribution in [0, 0.1) is 0 Å². The summed E-state index contributed by atoms with van der Waals surface area (Å²) in [6.45, 7) is 1.85. The van der Waals surface area contributed by atoms with Crippen LogP contribution in [0.15, 0.2) is 76.8 Å². The van der Waals surface area contributed by atoms with Crippen LogP contribution >= 0.6 is 15.9 Å². The molecule has 2 saturated heterocycles. The van der Waals surface area contributed by atoms with Crippen LogP contribution in [0.2, 0.25) is 0 Å². The van der Waals surface area contributed by atoms with Crippen molar-refractivity contribution in [3.8, 4) is 11.5 Å². The monoisotopic (exact) mass is 617 g/mol. The number of nitrogens with one attached hydrogen (secondary N) is 1. The Morgan fingerprint density at radius 3 is 2.41 bits per heavy atom. The van der Waals surface area contributed by atoms with Crippen LogP contribution in [0.3, 0.4) is 0 Å². The minimum atomic E-state index is -0.819. The zero-order valence-corrected chi connectivity index (χ0v) is 24.0. The summed E-state index contributed by atoms with van der Waals surface area (Å²) in [4.78, 5) is 53.7. The second-order valence-corrected chi connectivity index (χ2v) is 10.6. The Labute approximate surface area is 245 Å². The number of ether oxygens (including phenoxy) is 2. The smallest absolute Gasteiger partial charge is 0.335 e. The molecule has 0 saturated carbocycles. The maximum absolute atomic E-state index is 13.2. The molecule has 41 heavy (non-hydrogen) atoms. The summed E-state index contributed by atoms with van der Waals surface area (Å²) in [6.07, 6.45) is 4.66. The van der Waals surface area contributed by atoms with Gasteiger partial charge in [0, 0.05) is 23.1 Å². The molecule has 5 rings (SSSR count). The van der Waals surface area contributed by atoms with Crippen molar-refractivity contribution in [2.24, 2.45) is 0 Å². The highest BCUT2D eigenvalue weighted by molar-refractivity contribution is 9.10. The molecule has 2 aliphatic heterocycles. The number of barbiturate groups is 1. The third-order valence-corrected chi connectivity index (χ3v) is 7.40. The fourth-order valence-corrected chi connectivity index (χ4v) is 5.14. The van der Waals surface area contributed by atoms with Crippen LogP contribution in [0.25, 0.3) is 6.08 Å². The van der Waals surface area contributed by atoms with Gasteiger partial charge in [0.05, 0.1) is 12.8 Å². The van der Waals surface area contributed by atoms with Gasteiger partial charge in [0.1, 0.15) is 12.2 Å². The van der Waals surface area contributed by atoms with E-state index in [1.54, 1.807) is 42.5 Å². The summed E-state index contributed by atoms with van der Waals surface area (Å²) < 4.78 is 12.2. The van der Waals surface area contributed by atoms with Crippen LogP contribution < -0.4 is 19.7 Å². The molecular weight excluding hydrogens is 590 g/mol. The molecule has 0 aliphatic carbocycles. The number of carbonyl (C=O) groups excluding carboxylic acids is 4. The number of piperidine rings is 1. The number of amides is 5. The number of imide groups is 2. The molecule has 2 aliphatic rings. The number of likely N-dealkylation sites (tertiary alicyclic amines) is 1. The van der Waals surface area contributed by atoms with Crippen molar-refractivity contribution < 1.29 is 28.7 Å². The molecule has 0 atom stereocenters. The number of hydrogen-bond donors (Lipinski definition) is 1. The van der Waals surface area contributed by atoms with Crippen molar-refractivity contribution in [2.75, 3.05) is 25.1 Å². The topological polar surface area (TPSA) is 105 Å². The van der Waals surface area contributed by atoms with Crippen molar-refractivity contribution in [2.45, 2.75) is 25.9 Å². The molecular formula is C31H28BrN3O6. The fraction of sp³-hybridized carbons (Fsp3) is 0.226. The van der Waals surface area contributed by atoms with Gasteiger partial charge in [-0.3, -0.25) is 19.7 Å². The van der Waals surface area contributed by atoms with E-state index in [2.05, 4.69) is 21.2 Å². The number of anilines is 1. The SMILES string of the molecule is COc1cc(/C=C2\C(=O)NC(=O)N(c3cccc(Br)c3)C2=O)ccc1OCc1ccc(C(=O)N2CCCCC2)cc1. The second kappa shape index (κ2) is 12.4. The van der Waals surface area contributed by atoms with Gasteiger partial charge in [-0.1, -0.05) is 40.2 Å². The lowest BCUT2D eigenvalue weighted by Crippen LogP contribution is -2.54. The van der Waals surface area contributed by atoms with Gasteiger partial charge < -0.3 is 14.4 Å². The Hall–Kier alpha value is -4.44. The number of rotatable bonds is 7. The molecule has 3 aromatic carbocycles. The van der Waals surface area contributed by atoms with E-state index in [1.165, 1.54) is 19.6 Å². The zero-order chi connectivity index (χ0) is 28.9. The molecule has 3 aromatic rings. The summed E-state index contributed by atoms with van der Waals surface area (Å²) in [7, 11) is 1.49. The number of benzene rings is 3. The lowest BCUT2D eigenvalue weighted by atomic mass is 10.1. The van der Waals surface area contributed by atoms with Crippen LogP contribution in [-0.2, 0) is 16.2 Å². The van der Waals surface area contributed by atoms with Crippen molar-refractivity contribution in [3.63, 3.8) is 0 Å². The van der Waals surface area contributed by atoms with Crippen molar-refractivity contribution in [1.29, 1.82) is 0 Å². The van der Waals surface area contributed by atoms with E-state index in [0.29, 0.717) is 32.8 Å². The molecule has 0 unspecified atom stereocenters. The summed E-state index contributed by atoms with van der Waals surface area (Å²) >= 11 is 3.33. The number of nitrogens with zero attached hydrogens (tertiary/aromatic N) is 2.